The number of fused-ring (bicyclic) bond motifs is 1. The minimum atomic E-state index is -0.542. The molecule has 1 saturated heterocycles. The van der Waals surface area contributed by atoms with E-state index in [1.807, 2.05) is 24.3 Å². The van der Waals surface area contributed by atoms with Gasteiger partial charge >= 0.3 is 0 Å². The first kappa shape index (κ1) is 22.2. The molecule has 1 aliphatic heterocycles. The van der Waals surface area contributed by atoms with E-state index in [2.05, 4.69) is 38.6 Å². The number of nitrogens with one attached hydrogen (secondary N) is 1. The Balaban J connectivity index is 1.26. The molecular weight excluding hydrogens is 404 g/mol. The average molecular weight is 435 g/mol. The molecule has 0 bridgehead atoms. The summed E-state index contributed by atoms with van der Waals surface area (Å²) in [4.78, 5) is 13.3. The summed E-state index contributed by atoms with van der Waals surface area (Å²) in [6, 6.07) is 14.2. The first-order valence-corrected chi connectivity index (χ1v) is 11.2. The third kappa shape index (κ3) is 6.02. The lowest BCUT2D eigenvalue weighted by Gasteiger charge is -2.33. The van der Waals surface area contributed by atoms with Crippen LogP contribution in [0.15, 0.2) is 54.9 Å². The molecule has 0 saturated carbocycles. The van der Waals surface area contributed by atoms with Gasteiger partial charge in [0.15, 0.2) is 0 Å². The summed E-state index contributed by atoms with van der Waals surface area (Å²) in [5.41, 5.74) is 2.13. The van der Waals surface area contributed by atoms with Gasteiger partial charge in [0.2, 0.25) is 5.91 Å². The molecule has 1 fully saturated rings. The lowest BCUT2D eigenvalue weighted by atomic mass is 9.96. The van der Waals surface area contributed by atoms with Gasteiger partial charge in [-0.2, -0.15) is 10.2 Å². The standard InChI is InChI=1S/C25H30N4O3/c1-18(30)26-14-19-7-10-29(11-8-19)16-24(31)17-32-25-5-4-20-12-21(2-3-22(20)13-25)23-6-9-27-28-15-23/h2-6,9,12-13,15,19,24,31H,7-8,10-11,14,16-17H2,1H3,(H,26,30). The zero-order valence-electron chi connectivity index (χ0n) is 18.4. The molecule has 0 spiro atoms. The summed E-state index contributed by atoms with van der Waals surface area (Å²) in [6.45, 7) is 5.04. The van der Waals surface area contributed by atoms with Gasteiger partial charge in [0, 0.05) is 25.6 Å². The smallest absolute Gasteiger partial charge is 0.216 e. The highest BCUT2D eigenvalue weighted by Crippen LogP contribution is 2.26. The maximum absolute atomic E-state index is 11.1. The predicted molar refractivity (Wildman–Crippen MR) is 124 cm³/mol. The van der Waals surface area contributed by atoms with Crippen LogP contribution in [0.1, 0.15) is 19.8 Å². The van der Waals surface area contributed by atoms with Crippen LogP contribution in [0.25, 0.3) is 21.9 Å². The van der Waals surface area contributed by atoms with E-state index in [9.17, 15) is 9.90 Å². The van der Waals surface area contributed by atoms with E-state index < -0.39 is 6.10 Å². The van der Waals surface area contributed by atoms with E-state index in [0.717, 1.165) is 60.1 Å². The van der Waals surface area contributed by atoms with E-state index in [4.69, 9.17) is 4.74 Å². The lowest BCUT2D eigenvalue weighted by molar-refractivity contribution is -0.119. The molecule has 0 radical (unpaired) electrons. The Morgan fingerprint density at radius 2 is 1.91 bits per heavy atom. The van der Waals surface area contributed by atoms with Crippen LogP contribution >= 0.6 is 0 Å². The van der Waals surface area contributed by atoms with Gasteiger partial charge < -0.3 is 20.1 Å². The Hall–Kier alpha value is -3.03. The van der Waals surface area contributed by atoms with E-state index in [1.54, 1.807) is 19.3 Å². The van der Waals surface area contributed by atoms with Crippen LogP contribution in [0.4, 0.5) is 0 Å². The topological polar surface area (TPSA) is 87.6 Å². The maximum atomic E-state index is 11.1. The second kappa shape index (κ2) is 10.5. The SMILES string of the molecule is CC(=O)NCC1CCN(CC(O)COc2ccc3cc(-c4ccnnc4)ccc3c2)CC1. The largest absolute Gasteiger partial charge is 0.491 e. The molecule has 1 aromatic heterocycles. The van der Waals surface area contributed by atoms with Crippen molar-refractivity contribution in [3.8, 4) is 16.9 Å². The van der Waals surface area contributed by atoms with Crippen molar-refractivity contribution in [2.24, 2.45) is 5.92 Å². The summed E-state index contributed by atoms with van der Waals surface area (Å²) in [5.74, 6) is 1.31. The number of aromatic nitrogens is 2. The summed E-state index contributed by atoms with van der Waals surface area (Å²) in [7, 11) is 0. The van der Waals surface area contributed by atoms with Crippen molar-refractivity contribution in [3.63, 3.8) is 0 Å². The van der Waals surface area contributed by atoms with Crippen molar-refractivity contribution in [1.82, 2.24) is 20.4 Å². The number of benzene rings is 2. The molecule has 3 aromatic rings. The van der Waals surface area contributed by atoms with Gasteiger partial charge in [-0.05, 0) is 72.5 Å². The third-order valence-corrected chi connectivity index (χ3v) is 5.99. The molecule has 2 aromatic carbocycles. The first-order chi connectivity index (χ1) is 15.6. The molecule has 0 aliphatic carbocycles. The molecule has 1 amide bonds. The highest BCUT2D eigenvalue weighted by atomic mass is 16.5. The minimum absolute atomic E-state index is 0.0279. The normalized spacial score (nSPS) is 16.1. The molecule has 1 unspecified atom stereocenters. The van der Waals surface area contributed by atoms with Crippen LogP contribution in [-0.2, 0) is 4.79 Å². The number of hydrogen-bond acceptors (Lipinski definition) is 6. The van der Waals surface area contributed by atoms with Gasteiger partial charge in [0.05, 0.1) is 12.4 Å². The molecule has 2 N–H and O–H groups in total. The zero-order chi connectivity index (χ0) is 22.3. The highest BCUT2D eigenvalue weighted by molar-refractivity contribution is 5.88. The Morgan fingerprint density at radius 1 is 1.12 bits per heavy atom. The number of amides is 1. The predicted octanol–water partition coefficient (Wildman–Crippen LogP) is 2.88. The summed E-state index contributed by atoms with van der Waals surface area (Å²) in [5, 5.41) is 23.3. The number of rotatable bonds is 8. The Bertz CT molecular complexity index is 1040. The van der Waals surface area contributed by atoms with Gasteiger partial charge in [-0.25, -0.2) is 0 Å². The molecule has 168 valence electrons. The fourth-order valence-electron chi connectivity index (χ4n) is 4.16. The first-order valence-electron chi connectivity index (χ1n) is 11.2. The second-order valence-corrected chi connectivity index (χ2v) is 8.50. The molecular formula is C25H30N4O3. The second-order valence-electron chi connectivity index (χ2n) is 8.50. The summed E-state index contributed by atoms with van der Waals surface area (Å²) in [6.07, 6.45) is 4.98. The number of aliphatic hydroxyl groups excluding tert-OH is 1. The Morgan fingerprint density at radius 3 is 2.66 bits per heavy atom. The third-order valence-electron chi connectivity index (χ3n) is 5.99. The van der Waals surface area contributed by atoms with Crippen LogP contribution < -0.4 is 10.1 Å². The van der Waals surface area contributed by atoms with Crippen molar-refractivity contribution in [2.75, 3.05) is 32.8 Å². The van der Waals surface area contributed by atoms with Crippen LogP contribution in [0.3, 0.4) is 0 Å². The van der Waals surface area contributed by atoms with Crippen LogP contribution in [0.5, 0.6) is 5.75 Å². The molecule has 1 aliphatic rings. The highest BCUT2D eigenvalue weighted by Gasteiger charge is 2.21. The summed E-state index contributed by atoms with van der Waals surface area (Å²) >= 11 is 0. The van der Waals surface area contributed by atoms with Crippen molar-refractivity contribution < 1.29 is 14.6 Å². The van der Waals surface area contributed by atoms with Crippen molar-refractivity contribution in [2.45, 2.75) is 25.9 Å². The van der Waals surface area contributed by atoms with E-state index >= 15 is 0 Å². The summed E-state index contributed by atoms with van der Waals surface area (Å²) < 4.78 is 5.88. The van der Waals surface area contributed by atoms with E-state index in [0.29, 0.717) is 12.5 Å². The monoisotopic (exact) mass is 434 g/mol. The van der Waals surface area contributed by atoms with Gasteiger partial charge in [0.25, 0.3) is 0 Å². The quantitative estimate of drug-likeness (QED) is 0.567. The van der Waals surface area contributed by atoms with E-state index in [-0.39, 0.29) is 12.5 Å². The van der Waals surface area contributed by atoms with Crippen LogP contribution in [0.2, 0.25) is 0 Å². The Kier molecular flexibility index (Phi) is 7.29. The molecule has 7 heteroatoms. The number of carbonyl (C=O) groups is 1. The van der Waals surface area contributed by atoms with Gasteiger partial charge in [0.1, 0.15) is 18.5 Å². The maximum Gasteiger partial charge on any atom is 0.216 e. The lowest BCUT2D eigenvalue weighted by Crippen LogP contribution is -2.42. The number of aliphatic hydroxyl groups is 1. The molecule has 32 heavy (non-hydrogen) atoms. The van der Waals surface area contributed by atoms with Crippen LogP contribution in [0, 0.1) is 5.92 Å². The number of piperidine rings is 1. The number of carbonyl (C=O) groups excluding carboxylic acids is 1. The molecule has 7 nitrogen and oxygen atoms in total. The van der Waals surface area contributed by atoms with Gasteiger partial charge in [-0.1, -0.05) is 18.2 Å². The number of likely N-dealkylation sites (tertiary alicyclic amines) is 1. The number of ether oxygens (including phenoxy) is 1. The number of hydrogen-bond donors (Lipinski definition) is 2. The molecule has 1 atom stereocenters. The van der Waals surface area contributed by atoms with E-state index in [1.165, 1.54) is 0 Å². The molecule has 2 heterocycles. The van der Waals surface area contributed by atoms with Crippen molar-refractivity contribution in [1.29, 1.82) is 0 Å². The average Bonchev–Trinajstić information content (AvgIpc) is 2.82. The van der Waals surface area contributed by atoms with Gasteiger partial charge in [-0.3, -0.25) is 4.79 Å². The fraction of sp³-hybridized carbons (Fsp3) is 0.400. The Labute approximate surface area is 188 Å². The van der Waals surface area contributed by atoms with Crippen LogP contribution in [-0.4, -0.2) is 65.0 Å². The zero-order valence-corrected chi connectivity index (χ0v) is 18.4. The number of nitrogens with zero attached hydrogens (tertiary/aromatic N) is 3. The van der Waals surface area contributed by atoms with Crippen molar-refractivity contribution >= 4 is 16.7 Å². The fourth-order valence-corrected chi connectivity index (χ4v) is 4.16. The minimum Gasteiger partial charge on any atom is -0.491 e. The molecule has 4 rings (SSSR count). The number of β-amino-alcohol motifs (C(OH)–C–C–N with tert-alkyl or cyclic N) is 1. The van der Waals surface area contributed by atoms with Crippen molar-refractivity contribution in [3.05, 3.63) is 54.9 Å². The van der Waals surface area contributed by atoms with Gasteiger partial charge in [-0.15, -0.1) is 0 Å².